The normalized spacial score (nSPS) is 13.3. The van der Waals surface area contributed by atoms with Gasteiger partial charge in [0.1, 0.15) is 5.75 Å². The van der Waals surface area contributed by atoms with Crippen molar-refractivity contribution in [2.75, 3.05) is 6.61 Å². The van der Waals surface area contributed by atoms with Crippen LogP contribution < -0.4 is 4.74 Å². The van der Waals surface area contributed by atoms with E-state index in [0.29, 0.717) is 23.8 Å². The molecule has 0 amide bonds. The van der Waals surface area contributed by atoms with Gasteiger partial charge in [-0.1, -0.05) is 20.3 Å². The van der Waals surface area contributed by atoms with Gasteiger partial charge in [0.25, 0.3) is 9.05 Å². The van der Waals surface area contributed by atoms with Gasteiger partial charge in [-0.25, -0.2) is 8.42 Å². The summed E-state index contributed by atoms with van der Waals surface area (Å²) in [6, 6.07) is 4.83. The van der Waals surface area contributed by atoms with E-state index in [1.54, 1.807) is 19.1 Å². The van der Waals surface area contributed by atoms with Crippen molar-refractivity contribution in [1.82, 2.24) is 0 Å². The maximum atomic E-state index is 11.2. The van der Waals surface area contributed by atoms with Crippen LogP contribution in [0.4, 0.5) is 0 Å². The molecule has 102 valence electrons. The molecule has 18 heavy (non-hydrogen) atoms. The summed E-state index contributed by atoms with van der Waals surface area (Å²) in [5, 5.41) is 0. The first-order chi connectivity index (χ1) is 8.34. The fraction of sp³-hybridized carbons (Fsp3) is 0.538. The van der Waals surface area contributed by atoms with Gasteiger partial charge in [0.05, 0.1) is 11.5 Å². The standard InChI is InChI=1S/C13H19ClO3S/c1-4-5-10(2)9-17-12-6-7-13(11(3)8-12)18(14,15)16/h6-8,10H,4-5,9H2,1-3H3. The summed E-state index contributed by atoms with van der Waals surface area (Å²) in [5.74, 6) is 1.17. The number of rotatable bonds is 6. The van der Waals surface area contributed by atoms with Crippen LogP contribution in [0.2, 0.25) is 0 Å². The molecule has 0 saturated carbocycles. The smallest absolute Gasteiger partial charge is 0.261 e. The van der Waals surface area contributed by atoms with Crippen molar-refractivity contribution < 1.29 is 13.2 Å². The number of hydrogen-bond acceptors (Lipinski definition) is 3. The molecule has 1 aromatic carbocycles. The van der Waals surface area contributed by atoms with Gasteiger partial charge < -0.3 is 4.74 Å². The summed E-state index contributed by atoms with van der Waals surface area (Å²) in [6.07, 6.45) is 2.25. The third kappa shape index (κ3) is 4.50. The molecule has 1 rings (SSSR count). The molecule has 3 nitrogen and oxygen atoms in total. The lowest BCUT2D eigenvalue weighted by Gasteiger charge is -2.13. The third-order valence-corrected chi connectivity index (χ3v) is 4.21. The van der Waals surface area contributed by atoms with Crippen LogP contribution in [0.3, 0.4) is 0 Å². The Balaban J connectivity index is 2.74. The molecule has 1 aromatic rings. The van der Waals surface area contributed by atoms with Crippen LogP contribution in [-0.2, 0) is 9.05 Å². The molecular weight excluding hydrogens is 272 g/mol. The Bertz CT molecular complexity index is 497. The Hall–Kier alpha value is -0.740. The second-order valence-corrected chi connectivity index (χ2v) is 7.10. The molecule has 0 bridgehead atoms. The van der Waals surface area contributed by atoms with E-state index in [-0.39, 0.29) is 4.90 Å². The first kappa shape index (κ1) is 15.3. The highest BCUT2D eigenvalue weighted by Gasteiger charge is 2.13. The summed E-state index contributed by atoms with van der Waals surface area (Å²) >= 11 is 0. The lowest BCUT2D eigenvalue weighted by molar-refractivity contribution is 0.251. The highest BCUT2D eigenvalue weighted by atomic mass is 35.7. The van der Waals surface area contributed by atoms with E-state index >= 15 is 0 Å². The Morgan fingerprint density at radius 3 is 2.56 bits per heavy atom. The zero-order valence-corrected chi connectivity index (χ0v) is 12.5. The van der Waals surface area contributed by atoms with E-state index in [4.69, 9.17) is 15.4 Å². The summed E-state index contributed by atoms with van der Waals surface area (Å²) in [4.78, 5) is 0.137. The molecule has 0 N–H and O–H groups in total. The third-order valence-electron chi connectivity index (χ3n) is 2.73. The van der Waals surface area contributed by atoms with E-state index in [0.717, 1.165) is 12.8 Å². The van der Waals surface area contributed by atoms with Crippen molar-refractivity contribution in [3.05, 3.63) is 23.8 Å². The lowest BCUT2D eigenvalue weighted by Crippen LogP contribution is -2.08. The topological polar surface area (TPSA) is 43.4 Å². The van der Waals surface area contributed by atoms with Crippen molar-refractivity contribution in [3.63, 3.8) is 0 Å². The molecule has 0 spiro atoms. The highest BCUT2D eigenvalue weighted by Crippen LogP contribution is 2.24. The predicted molar refractivity (Wildman–Crippen MR) is 73.8 cm³/mol. The van der Waals surface area contributed by atoms with Crippen LogP contribution in [0.5, 0.6) is 5.75 Å². The molecule has 0 aromatic heterocycles. The second-order valence-electron chi connectivity index (χ2n) is 4.57. The van der Waals surface area contributed by atoms with Gasteiger partial charge >= 0.3 is 0 Å². The monoisotopic (exact) mass is 290 g/mol. The van der Waals surface area contributed by atoms with Crippen LogP contribution in [0, 0.1) is 12.8 Å². The molecule has 0 aliphatic carbocycles. The largest absolute Gasteiger partial charge is 0.493 e. The SMILES string of the molecule is CCCC(C)COc1ccc(S(=O)(=O)Cl)c(C)c1. The van der Waals surface area contributed by atoms with Crippen molar-refractivity contribution in [3.8, 4) is 5.75 Å². The van der Waals surface area contributed by atoms with E-state index in [2.05, 4.69) is 13.8 Å². The Morgan fingerprint density at radius 2 is 2.06 bits per heavy atom. The fourth-order valence-electron chi connectivity index (χ4n) is 1.80. The van der Waals surface area contributed by atoms with Crippen LogP contribution in [0.15, 0.2) is 23.1 Å². The average Bonchev–Trinajstić information content (AvgIpc) is 2.25. The first-order valence-corrected chi connectivity index (χ1v) is 8.33. The maximum absolute atomic E-state index is 11.2. The van der Waals surface area contributed by atoms with Crippen LogP contribution in [-0.4, -0.2) is 15.0 Å². The summed E-state index contributed by atoms with van der Waals surface area (Å²) in [7, 11) is 1.64. The quantitative estimate of drug-likeness (QED) is 0.750. The molecule has 0 fully saturated rings. The van der Waals surface area contributed by atoms with Crippen molar-refractivity contribution in [2.45, 2.75) is 38.5 Å². The zero-order valence-electron chi connectivity index (χ0n) is 10.9. The Morgan fingerprint density at radius 1 is 1.39 bits per heavy atom. The van der Waals surface area contributed by atoms with E-state index in [9.17, 15) is 8.42 Å². The van der Waals surface area contributed by atoms with Gasteiger partial charge in [-0.05, 0) is 43.0 Å². The Kier molecular flexibility index (Phi) is 5.47. The van der Waals surface area contributed by atoms with Crippen LogP contribution in [0.25, 0.3) is 0 Å². The molecule has 0 aliphatic heterocycles. The zero-order chi connectivity index (χ0) is 13.8. The lowest BCUT2D eigenvalue weighted by atomic mass is 10.1. The number of ether oxygens (including phenoxy) is 1. The number of hydrogen-bond donors (Lipinski definition) is 0. The summed E-state index contributed by atoms with van der Waals surface area (Å²) in [5.41, 5.74) is 0.602. The molecular formula is C13H19ClO3S. The van der Waals surface area contributed by atoms with Crippen molar-refractivity contribution in [1.29, 1.82) is 0 Å². The molecule has 0 heterocycles. The van der Waals surface area contributed by atoms with Gasteiger partial charge in [-0.15, -0.1) is 0 Å². The molecule has 0 aliphatic rings. The van der Waals surface area contributed by atoms with Crippen LogP contribution >= 0.6 is 10.7 Å². The van der Waals surface area contributed by atoms with Crippen molar-refractivity contribution >= 4 is 19.7 Å². The Labute approximate surface area is 114 Å². The van der Waals surface area contributed by atoms with Crippen molar-refractivity contribution in [2.24, 2.45) is 5.92 Å². The highest BCUT2D eigenvalue weighted by molar-refractivity contribution is 8.13. The first-order valence-electron chi connectivity index (χ1n) is 6.02. The molecule has 1 unspecified atom stereocenters. The van der Waals surface area contributed by atoms with Gasteiger partial charge in [0, 0.05) is 10.7 Å². The van der Waals surface area contributed by atoms with Gasteiger partial charge in [-0.2, -0.15) is 0 Å². The predicted octanol–water partition coefficient (Wildman–Crippen LogP) is 3.74. The number of aryl methyl sites for hydroxylation is 1. The number of halogens is 1. The van der Waals surface area contributed by atoms with Crippen LogP contribution in [0.1, 0.15) is 32.3 Å². The van der Waals surface area contributed by atoms with Gasteiger partial charge in [0.2, 0.25) is 0 Å². The molecule has 0 saturated heterocycles. The minimum absolute atomic E-state index is 0.137. The number of benzene rings is 1. The summed E-state index contributed by atoms with van der Waals surface area (Å²) in [6.45, 7) is 6.62. The van der Waals surface area contributed by atoms with Gasteiger partial charge in [-0.3, -0.25) is 0 Å². The second kappa shape index (κ2) is 6.43. The summed E-state index contributed by atoms with van der Waals surface area (Å²) < 4.78 is 28.1. The maximum Gasteiger partial charge on any atom is 0.261 e. The molecule has 5 heteroatoms. The molecule has 0 radical (unpaired) electrons. The van der Waals surface area contributed by atoms with E-state index in [1.165, 1.54) is 6.07 Å². The average molecular weight is 291 g/mol. The minimum atomic E-state index is -3.67. The van der Waals surface area contributed by atoms with E-state index in [1.807, 2.05) is 0 Å². The molecule has 1 atom stereocenters. The fourth-order valence-corrected chi connectivity index (χ4v) is 2.99. The minimum Gasteiger partial charge on any atom is -0.493 e. The van der Waals surface area contributed by atoms with E-state index < -0.39 is 9.05 Å². The van der Waals surface area contributed by atoms with Gasteiger partial charge in [0.15, 0.2) is 0 Å².